The van der Waals surface area contributed by atoms with Gasteiger partial charge in [0.1, 0.15) is 5.75 Å². The van der Waals surface area contributed by atoms with Gasteiger partial charge in [-0.2, -0.15) is 0 Å². The maximum Gasteiger partial charge on any atom is 0.122 e. The summed E-state index contributed by atoms with van der Waals surface area (Å²) in [5, 5.41) is 9.15. The molecule has 94 valence electrons. The summed E-state index contributed by atoms with van der Waals surface area (Å²) < 4.78 is 5.36. The lowest BCUT2D eigenvalue weighted by atomic mass is 10.1. The number of rotatable bonds is 5. The average Bonchev–Trinajstić information content (AvgIpc) is 2.89. The van der Waals surface area contributed by atoms with Gasteiger partial charge >= 0.3 is 0 Å². The molecule has 1 aliphatic heterocycles. The quantitative estimate of drug-likeness (QED) is 0.845. The molecular formula is C14H21NO2. The second kappa shape index (κ2) is 6.03. The van der Waals surface area contributed by atoms with Crippen LogP contribution in [0.5, 0.6) is 5.75 Å². The molecule has 3 nitrogen and oxygen atoms in total. The highest BCUT2D eigenvalue weighted by molar-refractivity contribution is 5.37. The van der Waals surface area contributed by atoms with Crippen LogP contribution in [0, 0.1) is 0 Å². The Kier molecular flexibility index (Phi) is 4.40. The van der Waals surface area contributed by atoms with E-state index in [-0.39, 0.29) is 6.61 Å². The highest BCUT2D eigenvalue weighted by Gasteiger charge is 2.12. The van der Waals surface area contributed by atoms with Crippen LogP contribution in [0.1, 0.15) is 24.0 Å². The Morgan fingerprint density at radius 2 is 2.06 bits per heavy atom. The fourth-order valence-corrected chi connectivity index (χ4v) is 2.41. The summed E-state index contributed by atoms with van der Waals surface area (Å²) in [6.45, 7) is 3.63. The van der Waals surface area contributed by atoms with Crippen LogP contribution in [-0.2, 0) is 13.0 Å². The monoisotopic (exact) mass is 235 g/mol. The second-order valence-corrected chi connectivity index (χ2v) is 4.60. The molecule has 0 saturated carbocycles. The Hall–Kier alpha value is -1.06. The first-order chi connectivity index (χ1) is 8.33. The molecule has 3 heteroatoms. The van der Waals surface area contributed by atoms with E-state index in [0.717, 1.165) is 24.3 Å². The van der Waals surface area contributed by atoms with Gasteiger partial charge in [-0.05, 0) is 55.6 Å². The zero-order chi connectivity index (χ0) is 12.1. The van der Waals surface area contributed by atoms with Gasteiger partial charge in [-0.25, -0.2) is 0 Å². The summed E-state index contributed by atoms with van der Waals surface area (Å²) in [6, 6.07) is 5.91. The summed E-state index contributed by atoms with van der Waals surface area (Å²) >= 11 is 0. The lowest BCUT2D eigenvalue weighted by Crippen LogP contribution is -2.22. The number of likely N-dealkylation sites (tertiary alicyclic amines) is 1. The van der Waals surface area contributed by atoms with Crippen LogP contribution >= 0.6 is 0 Å². The number of ether oxygens (including phenoxy) is 1. The zero-order valence-corrected chi connectivity index (χ0v) is 10.5. The fraction of sp³-hybridized carbons (Fsp3) is 0.571. The van der Waals surface area contributed by atoms with Crippen molar-refractivity contribution in [3.63, 3.8) is 0 Å². The standard InChI is InChI=1S/C14H21NO2/c1-17-14-5-4-12(11-16)10-13(14)6-9-15-7-2-3-8-15/h4-5,10,16H,2-3,6-9,11H2,1H3. The minimum Gasteiger partial charge on any atom is -0.496 e. The number of hydrogen-bond acceptors (Lipinski definition) is 3. The molecule has 0 aliphatic carbocycles. The fourth-order valence-electron chi connectivity index (χ4n) is 2.41. The van der Waals surface area contributed by atoms with Gasteiger partial charge in [0.25, 0.3) is 0 Å². The van der Waals surface area contributed by atoms with E-state index in [1.165, 1.54) is 31.5 Å². The SMILES string of the molecule is COc1ccc(CO)cc1CCN1CCCC1. The second-order valence-electron chi connectivity index (χ2n) is 4.60. The van der Waals surface area contributed by atoms with Gasteiger partial charge in [-0.3, -0.25) is 0 Å². The Morgan fingerprint density at radius 1 is 1.29 bits per heavy atom. The Morgan fingerprint density at radius 3 is 2.71 bits per heavy atom. The molecule has 0 radical (unpaired) electrons. The first-order valence-electron chi connectivity index (χ1n) is 6.32. The van der Waals surface area contributed by atoms with Crippen molar-refractivity contribution in [2.75, 3.05) is 26.7 Å². The molecule has 0 atom stereocenters. The van der Waals surface area contributed by atoms with Gasteiger partial charge in [0.15, 0.2) is 0 Å². The van der Waals surface area contributed by atoms with E-state index >= 15 is 0 Å². The lowest BCUT2D eigenvalue weighted by molar-refractivity contribution is 0.281. The predicted octanol–water partition coefficient (Wildman–Crippen LogP) is 1.83. The number of benzene rings is 1. The maximum absolute atomic E-state index is 9.15. The third-order valence-corrected chi connectivity index (χ3v) is 3.42. The first kappa shape index (κ1) is 12.4. The summed E-state index contributed by atoms with van der Waals surface area (Å²) in [5.74, 6) is 0.932. The van der Waals surface area contributed by atoms with E-state index in [9.17, 15) is 0 Å². The smallest absolute Gasteiger partial charge is 0.122 e. The number of hydrogen-bond donors (Lipinski definition) is 1. The van der Waals surface area contributed by atoms with Crippen molar-refractivity contribution in [2.45, 2.75) is 25.9 Å². The number of aliphatic hydroxyl groups excluding tert-OH is 1. The van der Waals surface area contributed by atoms with Crippen LogP contribution in [0.25, 0.3) is 0 Å². The maximum atomic E-state index is 9.15. The van der Waals surface area contributed by atoms with Crippen LogP contribution in [0.2, 0.25) is 0 Å². The molecule has 0 unspecified atom stereocenters. The van der Waals surface area contributed by atoms with E-state index < -0.39 is 0 Å². The molecule has 0 bridgehead atoms. The summed E-state index contributed by atoms with van der Waals surface area (Å²) in [6.07, 6.45) is 3.65. The molecule has 2 rings (SSSR count). The molecule has 0 spiro atoms. The minimum atomic E-state index is 0.0979. The van der Waals surface area contributed by atoms with Gasteiger partial charge in [0.2, 0.25) is 0 Å². The highest BCUT2D eigenvalue weighted by atomic mass is 16.5. The van der Waals surface area contributed by atoms with Crippen molar-refractivity contribution in [3.05, 3.63) is 29.3 Å². The molecule has 1 aromatic carbocycles. The minimum absolute atomic E-state index is 0.0979. The van der Waals surface area contributed by atoms with Gasteiger partial charge in [-0.15, -0.1) is 0 Å². The van der Waals surface area contributed by atoms with Gasteiger partial charge < -0.3 is 14.7 Å². The van der Waals surface area contributed by atoms with Crippen molar-refractivity contribution >= 4 is 0 Å². The predicted molar refractivity (Wildman–Crippen MR) is 68.3 cm³/mol. The van der Waals surface area contributed by atoms with Crippen LogP contribution in [0.4, 0.5) is 0 Å². The molecular weight excluding hydrogens is 214 g/mol. The average molecular weight is 235 g/mol. The van der Waals surface area contributed by atoms with E-state index in [1.807, 2.05) is 12.1 Å². The summed E-state index contributed by atoms with van der Waals surface area (Å²) in [4.78, 5) is 2.49. The topological polar surface area (TPSA) is 32.7 Å². The van der Waals surface area contributed by atoms with Gasteiger partial charge in [-0.1, -0.05) is 6.07 Å². The zero-order valence-electron chi connectivity index (χ0n) is 10.5. The van der Waals surface area contributed by atoms with E-state index in [0.29, 0.717) is 0 Å². The first-order valence-corrected chi connectivity index (χ1v) is 6.32. The molecule has 0 amide bonds. The molecule has 1 saturated heterocycles. The van der Waals surface area contributed by atoms with Crippen molar-refractivity contribution < 1.29 is 9.84 Å². The third kappa shape index (κ3) is 3.20. The molecule has 1 aliphatic rings. The lowest BCUT2D eigenvalue weighted by Gasteiger charge is -2.16. The normalized spacial score (nSPS) is 16.4. The Balaban J connectivity index is 2.01. The molecule has 1 fully saturated rings. The number of nitrogens with zero attached hydrogens (tertiary/aromatic N) is 1. The van der Waals surface area contributed by atoms with Crippen LogP contribution < -0.4 is 4.74 Å². The van der Waals surface area contributed by atoms with Gasteiger partial charge in [0.05, 0.1) is 13.7 Å². The molecule has 17 heavy (non-hydrogen) atoms. The highest BCUT2D eigenvalue weighted by Crippen LogP contribution is 2.21. The van der Waals surface area contributed by atoms with E-state index in [1.54, 1.807) is 7.11 Å². The van der Waals surface area contributed by atoms with Crippen molar-refractivity contribution in [1.82, 2.24) is 4.90 Å². The van der Waals surface area contributed by atoms with Crippen LogP contribution in [0.3, 0.4) is 0 Å². The third-order valence-electron chi connectivity index (χ3n) is 3.42. The van der Waals surface area contributed by atoms with Crippen molar-refractivity contribution in [1.29, 1.82) is 0 Å². The van der Waals surface area contributed by atoms with Crippen molar-refractivity contribution in [2.24, 2.45) is 0 Å². The van der Waals surface area contributed by atoms with E-state index in [2.05, 4.69) is 11.0 Å². The largest absolute Gasteiger partial charge is 0.496 e. The van der Waals surface area contributed by atoms with Crippen LogP contribution in [-0.4, -0.2) is 36.8 Å². The Labute approximate surface area is 103 Å². The van der Waals surface area contributed by atoms with Gasteiger partial charge in [0, 0.05) is 6.54 Å². The molecule has 1 heterocycles. The number of methoxy groups -OCH3 is 1. The number of aliphatic hydroxyl groups is 1. The Bertz CT molecular complexity index is 359. The molecule has 0 aromatic heterocycles. The van der Waals surface area contributed by atoms with E-state index in [4.69, 9.17) is 9.84 Å². The molecule has 1 N–H and O–H groups in total. The summed E-state index contributed by atoms with van der Waals surface area (Å²) in [5.41, 5.74) is 2.16. The summed E-state index contributed by atoms with van der Waals surface area (Å²) in [7, 11) is 1.70. The van der Waals surface area contributed by atoms with Crippen LogP contribution in [0.15, 0.2) is 18.2 Å². The molecule has 1 aromatic rings. The van der Waals surface area contributed by atoms with Crippen molar-refractivity contribution in [3.8, 4) is 5.75 Å².